The van der Waals surface area contributed by atoms with Crippen molar-refractivity contribution in [1.82, 2.24) is 15.6 Å². The first-order valence-electron chi connectivity index (χ1n) is 11.2. The molecule has 172 valence electrons. The SMILES string of the molecule is CN(C)c1ccc(/C=C(/NC(=O)c2ccccc2)C(=O)NCCc2c[nH]c3ccccc23)cc1. The standard InChI is InChI=1S/C28H28N4O2/c1-32(2)23-14-12-20(13-15-23)18-26(31-27(33)21-8-4-3-5-9-21)28(34)29-17-16-22-19-30-25-11-7-6-10-24(22)25/h3-15,18-19,30H,16-17H2,1-2H3,(H,29,34)(H,31,33)/b26-18+. The van der Waals surface area contributed by atoms with E-state index in [0.29, 0.717) is 18.5 Å². The average molecular weight is 453 g/mol. The van der Waals surface area contributed by atoms with Gasteiger partial charge in [-0.05, 0) is 54.0 Å². The second-order valence-electron chi connectivity index (χ2n) is 8.23. The highest BCUT2D eigenvalue weighted by Crippen LogP contribution is 2.18. The molecule has 6 nitrogen and oxygen atoms in total. The molecule has 6 heteroatoms. The van der Waals surface area contributed by atoms with E-state index in [1.165, 1.54) is 0 Å². The number of hydrogen-bond donors (Lipinski definition) is 3. The zero-order valence-corrected chi connectivity index (χ0v) is 19.3. The van der Waals surface area contributed by atoms with E-state index in [0.717, 1.165) is 27.7 Å². The number of H-pyrrole nitrogens is 1. The molecule has 0 radical (unpaired) electrons. The van der Waals surface area contributed by atoms with Crippen LogP contribution in [0.25, 0.3) is 17.0 Å². The van der Waals surface area contributed by atoms with Gasteiger partial charge in [0.25, 0.3) is 11.8 Å². The number of aromatic nitrogens is 1. The number of para-hydroxylation sites is 1. The van der Waals surface area contributed by atoms with E-state index in [4.69, 9.17) is 0 Å². The lowest BCUT2D eigenvalue weighted by Crippen LogP contribution is -2.35. The fourth-order valence-electron chi connectivity index (χ4n) is 3.72. The highest BCUT2D eigenvalue weighted by molar-refractivity contribution is 6.05. The molecule has 1 heterocycles. The van der Waals surface area contributed by atoms with Gasteiger partial charge in [0.1, 0.15) is 5.70 Å². The van der Waals surface area contributed by atoms with Gasteiger partial charge in [-0.25, -0.2) is 0 Å². The molecule has 3 aromatic carbocycles. The monoisotopic (exact) mass is 452 g/mol. The third-order valence-corrected chi connectivity index (χ3v) is 5.60. The summed E-state index contributed by atoms with van der Waals surface area (Å²) in [5.74, 6) is -0.663. The van der Waals surface area contributed by atoms with Gasteiger partial charge in [0.05, 0.1) is 0 Å². The number of carbonyl (C=O) groups is 2. The Kier molecular flexibility index (Phi) is 7.08. The number of hydrogen-bond acceptors (Lipinski definition) is 3. The summed E-state index contributed by atoms with van der Waals surface area (Å²) in [6.45, 7) is 0.443. The van der Waals surface area contributed by atoms with Gasteiger partial charge in [0, 0.05) is 49.0 Å². The Morgan fingerprint density at radius 2 is 1.62 bits per heavy atom. The lowest BCUT2D eigenvalue weighted by molar-refractivity contribution is -0.117. The van der Waals surface area contributed by atoms with Crippen LogP contribution in [0.3, 0.4) is 0 Å². The van der Waals surface area contributed by atoms with Gasteiger partial charge in [0.2, 0.25) is 0 Å². The molecule has 0 atom stereocenters. The molecule has 3 N–H and O–H groups in total. The maximum Gasteiger partial charge on any atom is 0.267 e. The maximum atomic E-state index is 13.1. The molecular weight excluding hydrogens is 424 g/mol. The topological polar surface area (TPSA) is 77.2 Å². The number of carbonyl (C=O) groups excluding carboxylic acids is 2. The molecule has 0 aliphatic carbocycles. The summed E-state index contributed by atoms with van der Waals surface area (Å²) in [5.41, 5.74) is 4.76. The Bertz CT molecular complexity index is 1310. The van der Waals surface area contributed by atoms with Crippen LogP contribution in [0, 0.1) is 0 Å². The smallest absolute Gasteiger partial charge is 0.267 e. The summed E-state index contributed by atoms with van der Waals surface area (Å²) in [4.78, 5) is 31.1. The minimum Gasteiger partial charge on any atom is -0.378 e. The van der Waals surface area contributed by atoms with Gasteiger partial charge in [-0.2, -0.15) is 0 Å². The van der Waals surface area contributed by atoms with Gasteiger partial charge in [-0.15, -0.1) is 0 Å². The summed E-state index contributed by atoms with van der Waals surface area (Å²) in [6.07, 6.45) is 4.34. The molecule has 0 saturated heterocycles. The van der Waals surface area contributed by atoms with Gasteiger partial charge in [-0.1, -0.05) is 48.5 Å². The molecular formula is C28H28N4O2. The van der Waals surface area contributed by atoms with Gasteiger partial charge in [-0.3, -0.25) is 9.59 Å². The molecule has 0 saturated carbocycles. The first-order chi connectivity index (χ1) is 16.5. The van der Waals surface area contributed by atoms with Crippen LogP contribution in [-0.2, 0) is 11.2 Å². The third kappa shape index (κ3) is 5.53. The largest absolute Gasteiger partial charge is 0.378 e. The fraction of sp³-hybridized carbons (Fsp3) is 0.143. The van der Waals surface area contributed by atoms with Crippen molar-refractivity contribution in [2.45, 2.75) is 6.42 Å². The molecule has 34 heavy (non-hydrogen) atoms. The van der Waals surface area contributed by atoms with Crippen molar-refractivity contribution < 1.29 is 9.59 Å². The van der Waals surface area contributed by atoms with Crippen LogP contribution in [0.1, 0.15) is 21.5 Å². The highest BCUT2D eigenvalue weighted by Gasteiger charge is 2.15. The number of anilines is 1. The van der Waals surface area contributed by atoms with Crippen LogP contribution in [0.5, 0.6) is 0 Å². The average Bonchev–Trinajstić information content (AvgIpc) is 3.27. The maximum absolute atomic E-state index is 13.1. The normalized spacial score (nSPS) is 11.3. The van der Waals surface area contributed by atoms with E-state index in [1.807, 2.05) is 73.7 Å². The van der Waals surface area contributed by atoms with Crippen LogP contribution in [0.2, 0.25) is 0 Å². The highest BCUT2D eigenvalue weighted by atomic mass is 16.2. The summed E-state index contributed by atoms with van der Waals surface area (Å²) in [6, 6.07) is 24.7. The Labute approximate surface area is 199 Å². The molecule has 0 bridgehead atoms. The second kappa shape index (κ2) is 10.5. The summed E-state index contributed by atoms with van der Waals surface area (Å²) in [7, 11) is 3.94. The Morgan fingerprint density at radius 3 is 2.35 bits per heavy atom. The molecule has 4 aromatic rings. The van der Waals surface area contributed by atoms with Crippen molar-refractivity contribution in [2.24, 2.45) is 0 Å². The van der Waals surface area contributed by atoms with E-state index in [1.54, 1.807) is 30.3 Å². The summed E-state index contributed by atoms with van der Waals surface area (Å²) < 4.78 is 0. The molecule has 0 aliphatic rings. The quantitative estimate of drug-likeness (QED) is 0.348. The number of nitrogens with one attached hydrogen (secondary N) is 3. The number of rotatable bonds is 8. The zero-order valence-electron chi connectivity index (χ0n) is 19.3. The molecule has 0 spiro atoms. The van der Waals surface area contributed by atoms with Crippen LogP contribution < -0.4 is 15.5 Å². The van der Waals surface area contributed by atoms with Gasteiger partial charge < -0.3 is 20.5 Å². The Morgan fingerprint density at radius 1 is 0.912 bits per heavy atom. The zero-order chi connectivity index (χ0) is 23.9. The molecule has 0 aliphatic heterocycles. The van der Waals surface area contributed by atoms with Crippen molar-refractivity contribution in [2.75, 3.05) is 25.5 Å². The Hall–Kier alpha value is -4.32. The van der Waals surface area contributed by atoms with Crippen molar-refractivity contribution in [1.29, 1.82) is 0 Å². The van der Waals surface area contributed by atoms with Crippen LogP contribution >= 0.6 is 0 Å². The summed E-state index contributed by atoms with van der Waals surface area (Å²) in [5, 5.41) is 6.88. The van der Waals surface area contributed by atoms with Crippen LogP contribution in [0.4, 0.5) is 5.69 Å². The van der Waals surface area contributed by atoms with Crippen LogP contribution in [0.15, 0.2) is 90.8 Å². The number of nitrogens with zero attached hydrogens (tertiary/aromatic N) is 1. The Balaban J connectivity index is 1.50. The molecule has 4 rings (SSSR count). The number of amides is 2. The minimum absolute atomic E-state index is 0.199. The van der Waals surface area contributed by atoms with Crippen molar-refractivity contribution >= 4 is 34.5 Å². The lowest BCUT2D eigenvalue weighted by atomic mass is 10.1. The van der Waals surface area contributed by atoms with E-state index < -0.39 is 0 Å². The van der Waals surface area contributed by atoms with Crippen molar-refractivity contribution in [3.8, 4) is 0 Å². The molecule has 0 fully saturated rings. The van der Waals surface area contributed by atoms with E-state index in [2.05, 4.69) is 21.7 Å². The van der Waals surface area contributed by atoms with E-state index >= 15 is 0 Å². The number of benzene rings is 3. The predicted octanol–water partition coefficient (Wildman–Crippen LogP) is 4.36. The minimum atomic E-state index is -0.333. The first kappa shape index (κ1) is 22.9. The molecule has 0 unspecified atom stereocenters. The predicted molar refractivity (Wildman–Crippen MR) is 138 cm³/mol. The number of aromatic amines is 1. The van der Waals surface area contributed by atoms with Crippen molar-refractivity contribution in [3.05, 3.63) is 107 Å². The van der Waals surface area contributed by atoms with E-state index in [-0.39, 0.29) is 17.5 Å². The van der Waals surface area contributed by atoms with Crippen molar-refractivity contribution in [3.63, 3.8) is 0 Å². The molecule has 1 aromatic heterocycles. The first-order valence-corrected chi connectivity index (χ1v) is 11.2. The summed E-state index contributed by atoms with van der Waals surface area (Å²) >= 11 is 0. The van der Waals surface area contributed by atoms with Crippen LogP contribution in [-0.4, -0.2) is 37.4 Å². The number of fused-ring (bicyclic) bond motifs is 1. The van der Waals surface area contributed by atoms with Gasteiger partial charge >= 0.3 is 0 Å². The van der Waals surface area contributed by atoms with Gasteiger partial charge in [0.15, 0.2) is 0 Å². The lowest BCUT2D eigenvalue weighted by Gasteiger charge is -2.13. The second-order valence-corrected chi connectivity index (χ2v) is 8.23. The fourth-order valence-corrected chi connectivity index (χ4v) is 3.72. The van der Waals surface area contributed by atoms with E-state index in [9.17, 15) is 9.59 Å². The third-order valence-electron chi connectivity index (χ3n) is 5.60. The molecule has 2 amide bonds.